The number of phosphoric ester groups is 2. The van der Waals surface area contributed by atoms with Crippen LogP contribution in [-0.4, -0.2) is 106 Å². The number of phosphoric acid groups is 2. The molecule has 2 atom stereocenters. The second-order valence-corrected chi connectivity index (χ2v) is 18.8. The number of carbonyl (C=O) groups is 4. The fourth-order valence-corrected chi connectivity index (χ4v) is 7.72. The van der Waals surface area contributed by atoms with E-state index in [4.69, 9.17) is 19.3 Å². The van der Waals surface area contributed by atoms with Crippen LogP contribution in [0.3, 0.4) is 0 Å². The molecule has 0 saturated heterocycles. The zero-order valence-corrected chi connectivity index (χ0v) is 51.4. The summed E-state index contributed by atoms with van der Waals surface area (Å²) in [5.74, 6) is -3.78. The van der Waals surface area contributed by atoms with Crippen molar-refractivity contribution < 1.29 is 143 Å². The largest absolute Gasteiger partial charge is 1.00 e. The molecule has 0 bridgehead atoms. The maximum absolute atomic E-state index is 13.9. The number of rotatable bonds is 22. The van der Waals surface area contributed by atoms with E-state index in [-0.39, 0.29) is 167 Å². The number of pyridine rings is 2. The number of fused-ring (bicyclic) bond motifs is 2. The minimum Gasteiger partial charge on any atom is -0.790 e. The Balaban J connectivity index is 0.000000762. The average Bonchev–Trinajstić information content (AvgIpc) is 3.38. The number of amides is 6. The van der Waals surface area contributed by atoms with Gasteiger partial charge in [0.1, 0.15) is 24.8 Å². The summed E-state index contributed by atoms with van der Waals surface area (Å²) < 4.78 is 95.4. The van der Waals surface area contributed by atoms with E-state index in [0.717, 1.165) is 38.6 Å². The van der Waals surface area contributed by atoms with Crippen molar-refractivity contribution in [2.75, 3.05) is 51.2 Å². The van der Waals surface area contributed by atoms with Crippen LogP contribution in [0.15, 0.2) is 109 Å². The second kappa shape index (κ2) is 36.1. The minimum atomic E-state index is -5.17. The number of nitrogens with one attached hydrogen (secondary N) is 4. The second-order valence-electron chi connectivity index (χ2n) is 16.4. The Labute approximate surface area is 515 Å². The van der Waals surface area contributed by atoms with Crippen LogP contribution in [0.1, 0.15) is 36.8 Å². The third-order valence-electron chi connectivity index (χ3n) is 11.1. The molecular weight excluding hydrogens is 1160 g/mol. The van der Waals surface area contributed by atoms with Crippen molar-refractivity contribution >= 4 is 100 Å². The third kappa shape index (κ3) is 25.3. The number of ether oxygens (including phenoxy) is 2. The molecule has 0 aliphatic rings. The number of hydrogen-bond donors (Lipinski definition) is 6. The van der Waals surface area contributed by atoms with Gasteiger partial charge in [-0.3, -0.25) is 15.2 Å². The first-order valence-corrected chi connectivity index (χ1v) is 25.9. The molecule has 2 aromatic heterocycles. The Hall–Kier alpha value is -4.58. The Morgan fingerprint density at radius 3 is 1.35 bits per heavy atom. The number of aromatic nitrogens is 2. The third-order valence-corrected chi connectivity index (χ3v) is 12.1. The summed E-state index contributed by atoms with van der Waals surface area (Å²) in [5.41, 5.74) is -0.131. The molecular formula is C48H56F4N8Na2O14P2S2. The Bertz CT molecular complexity index is 2880. The van der Waals surface area contributed by atoms with E-state index in [1.54, 1.807) is 24.5 Å². The van der Waals surface area contributed by atoms with E-state index in [0.29, 0.717) is 0 Å². The molecule has 0 fully saturated rings. The molecule has 6 rings (SSSR count). The van der Waals surface area contributed by atoms with E-state index in [2.05, 4.69) is 40.3 Å². The number of nitrogens with zero attached hydrogens (tertiary/aromatic N) is 4. The number of hydrogen-bond acceptors (Lipinski definition) is 14. The van der Waals surface area contributed by atoms with E-state index in [1.807, 2.05) is 48.5 Å². The molecule has 80 heavy (non-hydrogen) atoms. The SMILES string of the molecule is CN(C(=O)NCc1cccc(F)c1F)[C@@H](CCCOP(=O)(O)O)COC(=O)Nc1cc2ccccc2cn1.CN(C(=O)NCc1cccc(F)c1F)[C@@H](CCCOP(=O)([O-])[O-])COC(=O)Nc1cc2ccccc2cn1.S.S.[Na+].[Na+]. The molecule has 22 nitrogen and oxygen atoms in total. The van der Waals surface area contributed by atoms with Gasteiger partial charge in [0.2, 0.25) is 0 Å². The Morgan fingerprint density at radius 2 is 0.975 bits per heavy atom. The molecule has 0 aliphatic heterocycles. The molecule has 0 unspecified atom stereocenters. The maximum atomic E-state index is 13.9. The van der Waals surface area contributed by atoms with Crippen LogP contribution in [-0.2, 0) is 40.7 Å². The Kier molecular flexibility index (Phi) is 33.1. The van der Waals surface area contributed by atoms with E-state index >= 15 is 0 Å². The molecule has 0 saturated carbocycles. The summed E-state index contributed by atoms with van der Waals surface area (Å²) in [5, 5.41) is 13.4. The summed E-state index contributed by atoms with van der Waals surface area (Å²) in [4.78, 5) is 99.9. The molecule has 424 valence electrons. The van der Waals surface area contributed by atoms with Gasteiger partial charge < -0.3 is 58.6 Å². The predicted molar refractivity (Wildman–Crippen MR) is 285 cm³/mol. The summed E-state index contributed by atoms with van der Waals surface area (Å²) in [7, 11) is -7.07. The van der Waals surface area contributed by atoms with Crippen molar-refractivity contribution in [3.63, 3.8) is 0 Å². The van der Waals surface area contributed by atoms with Gasteiger partial charge in [-0.25, -0.2) is 51.3 Å². The van der Waals surface area contributed by atoms with Gasteiger partial charge in [0.15, 0.2) is 23.3 Å². The van der Waals surface area contributed by atoms with Crippen molar-refractivity contribution in [2.24, 2.45) is 0 Å². The number of urea groups is 2. The van der Waals surface area contributed by atoms with Crippen molar-refractivity contribution in [3.05, 3.63) is 144 Å². The van der Waals surface area contributed by atoms with Gasteiger partial charge in [0.05, 0.1) is 33.1 Å². The van der Waals surface area contributed by atoms with Crippen molar-refractivity contribution in [3.8, 4) is 0 Å². The van der Waals surface area contributed by atoms with Gasteiger partial charge in [-0.1, -0.05) is 72.8 Å². The summed E-state index contributed by atoms with van der Waals surface area (Å²) >= 11 is 0. The van der Waals surface area contributed by atoms with Crippen LogP contribution < -0.4 is 90.2 Å². The van der Waals surface area contributed by atoms with Gasteiger partial charge in [0.25, 0.3) is 0 Å². The van der Waals surface area contributed by atoms with E-state index in [9.17, 15) is 55.7 Å². The molecule has 0 radical (unpaired) electrons. The number of likely N-dealkylation sites (N-methyl/N-ethyl adjacent to an activating group) is 2. The molecule has 0 spiro atoms. The molecule has 6 aromatic rings. The van der Waals surface area contributed by atoms with Gasteiger partial charge in [0, 0.05) is 61.5 Å². The van der Waals surface area contributed by atoms with E-state index < -0.39 is 81.9 Å². The van der Waals surface area contributed by atoms with Crippen LogP contribution in [0, 0.1) is 23.3 Å². The first kappa shape index (κ1) is 73.4. The number of halogens is 4. The molecule has 2 heterocycles. The summed E-state index contributed by atoms with van der Waals surface area (Å²) in [6, 6.07) is 22.4. The first-order valence-electron chi connectivity index (χ1n) is 22.9. The number of benzene rings is 4. The van der Waals surface area contributed by atoms with Gasteiger partial charge in [-0.05, 0) is 60.7 Å². The molecule has 32 heteroatoms. The predicted octanol–water partition coefficient (Wildman–Crippen LogP) is 1.29. The first-order chi connectivity index (χ1) is 36.1. The smallest absolute Gasteiger partial charge is 0.790 e. The topological polar surface area (TPSA) is 306 Å². The summed E-state index contributed by atoms with van der Waals surface area (Å²) in [6.07, 6.45) is 1.86. The Morgan fingerprint density at radius 1 is 0.600 bits per heavy atom. The number of anilines is 2. The fourth-order valence-electron chi connectivity index (χ4n) is 7.00. The van der Waals surface area contributed by atoms with Crippen LogP contribution in [0.4, 0.5) is 48.4 Å². The zero-order valence-electron chi connectivity index (χ0n) is 43.6. The van der Waals surface area contributed by atoms with Crippen LogP contribution in [0.25, 0.3) is 21.5 Å². The van der Waals surface area contributed by atoms with Crippen molar-refractivity contribution in [2.45, 2.75) is 50.9 Å². The zero-order chi connectivity index (χ0) is 55.4. The van der Waals surface area contributed by atoms with Crippen molar-refractivity contribution in [1.29, 1.82) is 0 Å². The maximum Gasteiger partial charge on any atom is 1.00 e. The molecule has 6 N–H and O–H groups in total. The molecule has 4 aromatic carbocycles. The van der Waals surface area contributed by atoms with Gasteiger partial charge >= 0.3 is 91.2 Å². The minimum absolute atomic E-state index is 0. The van der Waals surface area contributed by atoms with Crippen LogP contribution in [0.5, 0.6) is 0 Å². The van der Waals surface area contributed by atoms with Crippen LogP contribution in [0.2, 0.25) is 0 Å². The molecule has 0 aliphatic carbocycles. The normalized spacial score (nSPS) is 11.5. The van der Waals surface area contributed by atoms with Gasteiger partial charge in [-0.15, -0.1) is 0 Å². The van der Waals surface area contributed by atoms with E-state index in [1.165, 1.54) is 43.3 Å². The standard InChI is InChI=1S/2C24H27F2N4O7P.2Na.2H2S/c2*1-30(23(31)28-14-18-8-4-10-20(25)22(18)26)19(9-5-11-37-38(33,34)35)15-36-24(32)29-21-12-16-6-2-3-7-17(16)13-27-21;;;;/h2*2-4,6-8,10,12-13,19H,5,9,11,14-15H2,1H3,(H,28,31)(H,27,29,32)(H2,33,34,35);;;2*1H2/q;;2*+1;;/p-2/t2*19-;;;;/m00..../s1. The quantitative estimate of drug-likeness (QED) is 0.0242. The molecule has 6 amide bonds. The summed E-state index contributed by atoms with van der Waals surface area (Å²) in [6.45, 7) is -1.95. The van der Waals surface area contributed by atoms with Gasteiger partial charge in [-0.2, -0.15) is 27.0 Å². The average molecular weight is 1220 g/mol. The van der Waals surface area contributed by atoms with Crippen molar-refractivity contribution in [1.82, 2.24) is 30.4 Å². The fraction of sp³-hybridized carbons (Fsp3) is 0.292. The van der Waals surface area contributed by atoms with Crippen LogP contribution >= 0.6 is 42.6 Å². The monoisotopic (exact) mass is 1220 g/mol. The number of carbonyl (C=O) groups excluding carboxylic acids is 4.